The van der Waals surface area contributed by atoms with Gasteiger partial charge in [-0.25, -0.2) is 0 Å². The van der Waals surface area contributed by atoms with Gasteiger partial charge in [-0.15, -0.1) is 0 Å². The van der Waals surface area contributed by atoms with Crippen LogP contribution in [0.3, 0.4) is 0 Å². The summed E-state index contributed by atoms with van der Waals surface area (Å²) in [5, 5.41) is 9.06. The second-order valence-corrected chi connectivity index (χ2v) is 4.31. The molecular formula is C13H19NO. The maximum atomic E-state index is 9.06. The van der Waals surface area contributed by atoms with Gasteiger partial charge in [0.1, 0.15) is 0 Å². The van der Waals surface area contributed by atoms with E-state index in [9.17, 15) is 0 Å². The van der Waals surface area contributed by atoms with Crippen LogP contribution < -0.4 is 4.90 Å². The molecule has 1 heterocycles. The van der Waals surface area contributed by atoms with Crippen molar-refractivity contribution < 1.29 is 5.11 Å². The summed E-state index contributed by atoms with van der Waals surface area (Å²) in [6, 6.07) is 6.65. The first-order chi connectivity index (χ1) is 7.26. The number of nitrogens with zero attached hydrogens (tertiary/aromatic N) is 1. The molecule has 2 nitrogen and oxygen atoms in total. The lowest BCUT2D eigenvalue weighted by atomic mass is 9.97. The highest BCUT2D eigenvalue weighted by Crippen LogP contribution is 2.38. The molecule has 0 radical (unpaired) electrons. The van der Waals surface area contributed by atoms with Crippen LogP contribution in [0.25, 0.3) is 0 Å². The number of likely N-dealkylation sites (N-methyl/N-ethyl adjacent to an activating group) is 1. The molecule has 1 aromatic carbocycles. The third kappa shape index (κ3) is 1.86. The SMILES string of the molecule is CCN1CC(CCO)c2cc(C)ccc21. The lowest BCUT2D eigenvalue weighted by Gasteiger charge is -2.16. The number of aliphatic hydroxyl groups is 1. The van der Waals surface area contributed by atoms with Crippen molar-refractivity contribution in [3.05, 3.63) is 29.3 Å². The summed E-state index contributed by atoms with van der Waals surface area (Å²) in [4.78, 5) is 2.40. The fourth-order valence-corrected chi connectivity index (χ4v) is 2.45. The molecule has 0 bridgehead atoms. The molecule has 2 rings (SSSR count). The van der Waals surface area contributed by atoms with E-state index < -0.39 is 0 Å². The first-order valence-electron chi connectivity index (χ1n) is 5.72. The average Bonchev–Trinajstić information content (AvgIpc) is 2.57. The number of rotatable bonds is 3. The number of aryl methyl sites for hydroxylation is 1. The second kappa shape index (κ2) is 4.23. The van der Waals surface area contributed by atoms with Crippen LogP contribution in [0.15, 0.2) is 18.2 Å². The van der Waals surface area contributed by atoms with Gasteiger partial charge < -0.3 is 10.0 Å². The molecule has 0 saturated heterocycles. The zero-order valence-corrected chi connectivity index (χ0v) is 9.53. The van der Waals surface area contributed by atoms with Crippen LogP contribution in [-0.2, 0) is 0 Å². The average molecular weight is 205 g/mol. The van der Waals surface area contributed by atoms with Gasteiger partial charge in [-0.1, -0.05) is 17.7 Å². The Morgan fingerprint density at radius 1 is 1.47 bits per heavy atom. The highest BCUT2D eigenvalue weighted by atomic mass is 16.3. The van der Waals surface area contributed by atoms with Crippen molar-refractivity contribution in [2.45, 2.75) is 26.2 Å². The van der Waals surface area contributed by atoms with Gasteiger partial charge in [0.15, 0.2) is 0 Å². The number of fused-ring (bicyclic) bond motifs is 1. The molecule has 1 aliphatic heterocycles. The first kappa shape index (κ1) is 10.5. The van der Waals surface area contributed by atoms with Gasteiger partial charge in [0, 0.05) is 31.3 Å². The topological polar surface area (TPSA) is 23.5 Å². The maximum absolute atomic E-state index is 9.06. The van der Waals surface area contributed by atoms with Crippen molar-refractivity contribution in [3.63, 3.8) is 0 Å². The summed E-state index contributed by atoms with van der Waals surface area (Å²) in [5.74, 6) is 0.518. The number of anilines is 1. The first-order valence-corrected chi connectivity index (χ1v) is 5.72. The van der Waals surface area contributed by atoms with Gasteiger partial charge in [0.25, 0.3) is 0 Å². The number of hydrogen-bond donors (Lipinski definition) is 1. The Balaban J connectivity index is 2.34. The van der Waals surface area contributed by atoms with Crippen LogP contribution in [0, 0.1) is 6.92 Å². The van der Waals surface area contributed by atoms with E-state index >= 15 is 0 Å². The highest BCUT2D eigenvalue weighted by Gasteiger charge is 2.26. The molecule has 1 N–H and O–H groups in total. The number of benzene rings is 1. The molecule has 0 aromatic heterocycles. The van der Waals surface area contributed by atoms with E-state index in [2.05, 4.69) is 36.9 Å². The van der Waals surface area contributed by atoms with Gasteiger partial charge in [0.2, 0.25) is 0 Å². The minimum atomic E-state index is 0.287. The Labute approximate surface area is 91.5 Å². The molecule has 82 valence electrons. The molecule has 0 spiro atoms. The monoisotopic (exact) mass is 205 g/mol. The van der Waals surface area contributed by atoms with Crippen LogP contribution in [0.5, 0.6) is 0 Å². The minimum absolute atomic E-state index is 0.287. The van der Waals surface area contributed by atoms with E-state index in [1.807, 2.05) is 0 Å². The lowest BCUT2D eigenvalue weighted by molar-refractivity contribution is 0.277. The van der Waals surface area contributed by atoms with Gasteiger partial charge in [-0.2, -0.15) is 0 Å². The minimum Gasteiger partial charge on any atom is -0.396 e. The number of hydrogen-bond acceptors (Lipinski definition) is 2. The Kier molecular flexibility index (Phi) is 2.96. The lowest BCUT2D eigenvalue weighted by Crippen LogP contribution is -2.21. The fourth-order valence-electron chi connectivity index (χ4n) is 2.45. The molecular weight excluding hydrogens is 186 g/mol. The molecule has 15 heavy (non-hydrogen) atoms. The molecule has 2 heteroatoms. The van der Waals surface area contributed by atoms with Crippen LogP contribution in [-0.4, -0.2) is 24.8 Å². The Bertz CT molecular complexity index is 348. The second-order valence-electron chi connectivity index (χ2n) is 4.31. The largest absolute Gasteiger partial charge is 0.396 e. The molecule has 0 saturated carbocycles. The van der Waals surface area contributed by atoms with Crippen molar-refractivity contribution >= 4 is 5.69 Å². The van der Waals surface area contributed by atoms with Crippen molar-refractivity contribution in [2.75, 3.05) is 24.6 Å². The fraction of sp³-hybridized carbons (Fsp3) is 0.538. The zero-order valence-electron chi connectivity index (χ0n) is 9.53. The van der Waals surface area contributed by atoms with Crippen LogP contribution in [0.2, 0.25) is 0 Å². The summed E-state index contributed by atoms with van der Waals surface area (Å²) in [6.45, 7) is 6.72. The molecule has 0 amide bonds. The van der Waals surface area contributed by atoms with Gasteiger partial charge >= 0.3 is 0 Å². The van der Waals surface area contributed by atoms with E-state index in [1.165, 1.54) is 16.8 Å². The molecule has 0 fully saturated rings. The van der Waals surface area contributed by atoms with Crippen LogP contribution >= 0.6 is 0 Å². The Hall–Kier alpha value is -1.02. The maximum Gasteiger partial charge on any atom is 0.0437 e. The van der Waals surface area contributed by atoms with Gasteiger partial charge in [-0.3, -0.25) is 0 Å². The predicted octanol–water partition coefficient (Wildman–Crippen LogP) is 2.30. The molecule has 0 aliphatic carbocycles. The van der Waals surface area contributed by atoms with E-state index in [0.717, 1.165) is 19.5 Å². The third-order valence-electron chi connectivity index (χ3n) is 3.26. The van der Waals surface area contributed by atoms with Crippen molar-refractivity contribution in [1.29, 1.82) is 0 Å². The van der Waals surface area contributed by atoms with Crippen molar-refractivity contribution in [3.8, 4) is 0 Å². The van der Waals surface area contributed by atoms with Gasteiger partial charge in [-0.05, 0) is 31.9 Å². The predicted molar refractivity (Wildman–Crippen MR) is 63.5 cm³/mol. The summed E-state index contributed by atoms with van der Waals surface area (Å²) in [7, 11) is 0. The summed E-state index contributed by atoms with van der Waals surface area (Å²) < 4.78 is 0. The van der Waals surface area contributed by atoms with E-state index in [0.29, 0.717) is 5.92 Å². The van der Waals surface area contributed by atoms with Crippen molar-refractivity contribution in [2.24, 2.45) is 0 Å². The normalized spacial score (nSPS) is 19.4. The van der Waals surface area contributed by atoms with Gasteiger partial charge in [0.05, 0.1) is 0 Å². The van der Waals surface area contributed by atoms with E-state index in [1.54, 1.807) is 0 Å². The van der Waals surface area contributed by atoms with E-state index in [4.69, 9.17) is 5.11 Å². The standard InChI is InChI=1S/C13H19NO/c1-3-14-9-11(6-7-15)12-8-10(2)4-5-13(12)14/h4-5,8,11,15H,3,6-7,9H2,1-2H3. The van der Waals surface area contributed by atoms with Crippen LogP contribution in [0.1, 0.15) is 30.4 Å². The zero-order chi connectivity index (χ0) is 10.8. The third-order valence-corrected chi connectivity index (χ3v) is 3.26. The summed E-state index contributed by atoms with van der Waals surface area (Å²) >= 11 is 0. The molecule has 1 unspecified atom stereocenters. The number of aliphatic hydroxyl groups excluding tert-OH is 1. The van der Waals surface area contributed by atoms with Crippen molar-refractivity contribution in [1.82, 2.24) is 0 Å². The summed E-state index contributed by atoms with van der Waals surface area (Å²) in [6.07, 6.45) is 0.882. The molecule has 1 aliphatic rings. The van der Waals surface area contributed by atoms with Crippen LogP contribution in [0.4, 0.5) is 5.69 Å². The molecule has 1 aromatic rings. The highest BCUT2D eigenvalue weighted by molar-refractivity contribution is 5.61. The quantitative estimate of drug-likeness (QED) is 0.818. The Morgan fingerprint density at radius 2 is 2.27 bits per heavy atom. The summed E-state index contributed by atoms with van der Waals surface area (Å²) in [5.41, 5.74) is 4.10. The smallest absolute Gasteiger partial charge is 0.0437 e. The van der Waals surface area contributed by atoms with E-state index in [-0.39, 0.29) is 6.61 Å². The Morgan fingerprint density at radius 3 is 2.93 bits per heavy atom. The molecule has 1 atom stereocenters.